The van der Waals surface area contributed by atoms with Crippen molar-refractivity contribution in [2.75, 3.05) is 0 Å². The number of allylic oxidation sites excluding steroid dienone is 2. The summed E-state index contributed by atoms with van der Waals surface area (Å²) in [7, 11) is 0. The second-order valence-electron chi connectivity index (χ2n) is 4.96. The number of rotatable bonds is 5. The lowest BCUT2D eigenvalue weighted by molar-refractivity contribution is -0.122. The van der Waals surface area contributed by atoms with Gasteiger partial charge in [0.2, 0.25) is 0 Å². The van der Waals surface area contributed by atoms with Crippen molar-refractivity contribution in [3.05, 3.63) is 11.6 Å². The summed E-state index contributed by atoms with van der Waals surface area (Å²) in [6.07, 6.45) is 9.49. The second-order valence-corrected chi connectivity index (χ2v) is 4.96. The smallest absolute Gasteiger partial charge is 0.133 e. The van der Waals surface area contributed by atoms with Crippen LogP contribution in [0, 0.1) is 11.8 Å². The summed E-state index contributed by atoms with van der Waals surface area (Å²) in [5, 5.41) is 0. The molecule has 86 valence electrons. The van der Waals surface area contributed by atoms with E-state index in [9.17, 15) is 4.79 Å². The maximum Gasteiger partial charge on any atom is 0.133 e. The number of carbonyl (C=O) groups excluding carboxylic acids is 1. The first-order valence-corrected chi connectivity index (χ1v) is 6.31. The average molecular weight is 208 g/mol. The van der Waals surface area contributed by atoms with Crippen molar-refractivity contribution >= 4 is 5.78 Å². The fraction of sp³-hybridized carbons (Fsp3) is 0.786. The van der Waals surface area contributed by atoms with E-state index in [0.29, 0.717) is 17.6 Å². The molecule has 0 amide bonds. The standard InChI is InChI=1S/C14H24O/c1-4-5-6-7-13-10-11(2)8-9-14(13)12(3)15/h8,13-14H,4-7,9-10H2,1-3H3/t13-,14+/m1/s1. The molecule has 0 aliphatic heterocycles. The highest BCUT2D eigenvalue weighted by atomic mass is 16.1. The summed E-state index contributed by atoms with van der Waals surface area (Å²) >= 11 is 0. The highest BCUT2D eigenvalue weighted by Crippen LogP contribution is 2.33. The molecule has 0 aromatic rings. The van der Waals surface area contributed by atoms with Crippen LogP contribution in [0.4, 0.5) is 0 Å². The number of hydrogen-bond donors (Lipinski definition) is 0. The van der Waals surface area contributed by atoms with Gasteiger partial charge in [-0.2, -0.15) is 0 Å². The molecule has 1 heteroatoms. The molecule has 0 fully saturated rings. The van der Waals surface area contributed by atoms with Crippen LogP contribution in [-0.4, -0.2) is 5.78 Å². The third kappa shape index (κ3) is 3.81. The third-order valence-corrected chi connectivity index (χ3v) is 3.57. The monoisotopic (exact) mass is 208 g/mol. The number of Topliss-reactive ketones (excluding diaryl/α,β-unsaturated/α-hetero) is 1. The Bertz CT molecular complexity index is 240. The van der Waals surface area contributed by atoms with Gasteiger partial charge in [-0.15, -0.1) is 0 Å². The molecule has 0 spiro atoms. The van der Waals surface area contributed by atoms with Crippen molar-refractivity contribution in [3.8, 4) is 0 Å². The van der Waals surface area contributed by atoms with E-state index in [-0.39, 0.29) is 0 Å². The molecule has 0 heterocycles. The van der Waals surface area contributed by atoms with E-state index in [2.05, 4.69) is 19.9 Å². The molecule has 0 aromatic heterocycles. The van der Waals surface area contributed by atoms with Gasteiger partial charge >= 0.3 is 0 Å². The van der Waals surface area contributed by atoms with Crippen molar-refractivity contribution < 1.29 is 4.79 Å². The largest absolute Gasteiger partial charge is 0.300 e. The Morgan fingerprint density at radius 1 is 1.47 bits per heavy atom. The minimum absolute atomic E-state index is 0.311. The lowest BCUT2D eigenvalue weighted by Crippen LogP contribution is -2.24. The van der Waals surface area contributed by atoms with Gasteiger partial charge < -0.3 is 0 Å². The molecule has 0 saturated heterocycles. The van der Waals surface area contributed by atoms with Crippen LogP contribution in [0.25, 0.3) is 0 Å². The zero-order valence-corrected chi connectivity index (χ0v) is 10.4. The van der Waals surface area contributed by atoms with Crippen LogP contribution in [0.3, 0.4) is 0 Å². The van der Waals surface area contributed by atoms with E-state index >= 15 is 0 Å². The molecule has 15 heavy (non-hydrogen) atoms. The molecule has 1 rings (SSSR count). The van der Waals surface area contributed by atoms with E-state index in [1.54, 1.807) is 6.92 Å². The first-order valence-electron chi connectivity index (χ1n) is 6.31. The first kappa shape index (κ1) is 12.5. The van der Waals surface area contributed by atoms with E-state index in [1.165, 1.54) is 31.3 Å². The van der Waals surface area contributed by atoms with Crippen LogP contribution in [0.15, 0.2) is 11.6 Å². The van der Waals surface area contributed by atoms with Gasteiger partial charge in [-0.1, -0.05) is 37.8 Å². The van der Waals surface area contributed by atoms with Crippen LogP contribution in [-0.2, 0) is 4.79 Å². The lowest BCUT2D eigenvalue weighted by Gasteiger charge is -2.28. The van der Waals surface area contributed by atoms with Gasteiger partial charge in [-0.25, -0.2) is 0 Å². The topological polar surface area (TPSA) is 17.1 Å². The minimum atomic E-state index is 0.311. The Kier molecular flexibility index (Phi) is 5.07. The zero-order chi connectivity index (χ0) is 11.3. The number of ketones is 1. The van der Waals surface area contributed by atoms with Gasteiger partial charge in [0.1, 0.15) is 5.78 Å². The molecule has 0 unspecified atom stereocenters. The highest BCUT2D eigenvalue weighted by Gasteiger charge is 2.27. The summed E-state index contributed by atoms with van der Waals surface area (Å²) in [4.78, 5) is 11.5. The predicted molar refractivity (Wildman–Crippen MR) is 64.8 cm³/mol. The van der Waals surface area contributed by atoms with Crippen molar-refractivity contribution in [2.24, 2.45) is 11.8 Å². The number of hydrogen-bond acceptors (Lipinski definition) is 1. The van der Waals surface area contributed by atoms with Crippen molar-refractivity contribution in [3.63, 3.8) is 0 Å². The molecule has 0 saturated carbocycles. The summed E-state index contributed by atoms with van der Waals surface area (Å²) in [5.41, 5.74) is 1.48. The third-order valence-electron chi connectivity index (χ3n) is 3.57. The van der Waals surface area contributed by atoms with E-state index in [4.69, 9.17) is 0 Å². The first-order chi connectivity index (χ1) is 7.15. The van der Waals surface area contributed by atoms with Gasteiger partial charge in [-0.3, -0.25) is 4.79 Å². The van der Waals surface area contributed by atoms with Crippen molar-refractivity contribution in [1.82, 2.24) is 0 Å². The van der Waals surface area contributed by atoms with E-state index in [1.807, 2.05) is 0 Å². The molecule has 1 aliphatic carbocycles. The molecule has 0 radical (unpaired) electrons. The Morgan fingerprint density at radius 3 is 2.80 bits per heavy atom. The molecular formula is C14H24O. The quantitative estimate of drug-likeness (QED) is 0.490. The molecule has 0 aromatic carbocycles. The number of unbranched alkanes of at least 4 members (excludes halogenated alkanes) is 2. The maximum absolute atomic E-state index is 11.5. The van der Waals surface area contributed by atoms with Gasteiger partial charge in [0.15, 0.2) is 0 Å². The van der Waals surface area contributed by atoms with Crippen molar-refractivity contribution in [1.29, 1.82) is 0 Å². The summed E-state index contributed by atoms with van der Waals surface area (Å²) in [5.74, 6) is 1.32. The van der Waals surface area contributed by atoms with Crippen LogP contribution in [0.2, 0.25) is 0 Å². The average Bonchev–Trinajstić information content (AvgIpc) is 2.18. The van der Waals surface area contributed by atoms with Gasteiger partial charge in [-0.05, 0) is 39.0 Å². The summed E-state index contributed by atoms with van der Waals surface area (Å²) in [6, 6.07) is 0. The van der Waals surface area contributed by atoms with Crippen LogP contribution in [0.1, 0.15) is 59.3 Å². The van der Waals surface area contributed by atoms with E-state index in [0.717, 1.165) is 12.8 Å². The molecular weight excluding hydrogens is 184 g/mol. The second kappa shape index (κ2) is 6.09. The fourth-order valence-electron chi connectivity index (χ4n) is 2.62. The molecule has 0 N–H and O–H groups in total. The lowest BCUT2D eigenvalue weighted by atomic mass is 9.75. The highest BCUT2D eigenvalue weighted by molar-refractivity contribution is 5.79. The maximum atomic E-state index is 11.5. The van der Waals surface area contributed by atoms with Gasteiger partial charge in [0, 0.05) is 5.92 Å². The molecule has 0 bridgehead atoms. The molecule has 1 nitrogen and oxygen atoms in total. The van der Waals surface area contributed by atoms with Gasteiger partial charge in [0.05, 0.1) is 0 Å². The van der Waals surface area contributed by atoms with Crippen LogP contribution in [0.5, 0.6) is 0 Å². The minimum Gasteiger partial charge on any atom is -0.300 e. The normalized spacial score (nSPS) is 26.2. The van der Waals surface area contributed by atoms with Crippen LogP contribution >= 0.6 is 0 Å². The zero-order valence-electron chi connectivity index (χ0n) is 10.4. The molecule has 2 atom stereocenters. The number of carbonyl (C=O) groups is 1. The summed E-state index contributed by atoms with van der Waals surface area (Å²) < 4.78 is 0. The Hall–Kier alpha value is -0.590. The van der Waals surface area contributed by atoms with Crippen molar-refractivity contribution in [2.45, 2.75) is 59.3 Å². The Labute approximate surface area is 93.9 Å². The summed E-state index contributed by atoms with van der Waals surface area (Å²) in [6.45, 7) is 6.18. The fourth-order valence-corrected chi connectivity index (χ4v) is 2.62. The Balaban J connectivity index is 2.50. The SMILES string of the molecule is CCCCC[C@@H]1CC(C)=CC[C@H]1C(C)=O. The molecule has 1 aliphatic rings. The predicted octanol–water partition coefficient (Wildman–Crippen LogP) is 4.13. The van der Waals surface area contributed by atoms with E-state index < -0.39 is 0 Å². The van der Waals surface area contributed by atoms with Crippen LogP contribution < -0.4 is 0 Å². The van der Waals surface area contributed by atoms with Gasteiger partial charge in [0.25, 0.3) is 0 Å². The Morgan fingerprint density at radius 2 is 2.20 bits per heavy atom.